The molecule has 0 spiro atoms. The fourth-order valence-electron chi connectivity index (χ4n) is 5.28. The SMILES string of the molecule is CC(C)Oc1ccccc1[CH]=[Ru]([Cl])[Cl].CCC1(c2cccs2)[CH-]N(c2c(C)cccc2C(C)C)C(C)(C)C1. The van der Waals surface area contributed by atoms with Gasteiger partial charge in [0.2, 0.25) is 0 Å². The van der Waals surface area contributed by atoms with Gasteiger partial charge in [0.25, 0.3) is 0 Å². The van der Waals surface area contributed by atoms with Gasteiger partial charge in [-0.05, 0) is 54.5 Å². The van der Waals surface area contributed by atoms with Gasteiger partial charge in [-0.25, -0.2) is 6.54 Å². The molecule has 1 atom stereocenters. The van der Waals surface area contributed by atoms with Crippen molar-refractivity contribution in [1.82, 2.24) is 0 Å². The molecule has 38 heavy (non-hydrogen) atoms. The molecule has 2 aromatic carbocycles. The molecule has 1 unspecified atom stereocenters. The summed E-state index contributed by atoms with van der Waals surface area (Å²) in [4.78, 5) is 4.08. The molecule has 1 fully saturated rings. The van der Waals surface area contributed by atoms with E-state index >= 15 is 0 Å². The zero-order valence-corrected chi connectivity index (χ0v) is 27.9. The van der Waals surface area contributed by atoms with Crippen LogP contribution in [0.5, 0.6) is 5.75 Å². The summed E-state index contributed by atoms with van der Waals surface area (Å²) in [6, 6.07) is 19.0. The Morgan fingerprint density at radius 3 is 2.34 bits per heavy atom. The molecule has 0 radical (unpaired) electrons. The average molecular weight is 661 g/mol. The van der Waals surface area contributed by atoms with Gasteiger partial charge < -0.3 is 4.90 Å². The van der Waals surface area contributed by atoms with Crippen LogP contribution in [0.25, 0.3) is 0 Å². The van der Waals surface area contributed by atoms with Crippen molar-refractivity contribution in [3.63, 3.8) is 0 Å². The van der Waals surface area contributed by atoms with Crippen LogP contribution in [0.3, 0.4) is 0 Å². The van der Waals surface area contributed by atoms with Crippen molar-refractivity contribution in [3.05, 3.63) is 88.1 Å². The average Bonchev–Trinajstić information content (AvgIpc) is 3.47. The number of halogens is 2. The van der Waals surface area contributed by atoms with E-state index < -0.39 is 13.5 Å². The normalized spacial score (nSPS) is 18.8. The summed E-state index contributed by atoms with van der Waals surface area (Å²) < 4.78 is 7.51. The number of hydrogen-bond donors (Lipinski definition) is 0. The molecule has 0 amide bonds. The van der Waals surface area contributed by atoms with Gasteiger partial charge in [0.1, 0.15) is 0 Å². The first-order chi connectivity index (χ1) is 17.9. The summed E-state index contributed by atoms with van der Waals surface area (Å²) in [5, 5.41) is 2.21. The van der Waals surface area contributed by atoms with E-state index in [-0.39, 0.29) is 17.1 Å². The molecule has 4 rings (SSSR count). The first kappa shape index (κ1) is 31.3. The first-order valence-corrected chi connectivity index (χ1v) is 19.6. The number of thiophene rings is 1. The Kier molecular flexibility index (Phi) is 11.1. The van der Waals surface area contributed by atoms with Crippen LogP contribution in [0.1, 0.15) is 88.8 Å². The second kappa shape index (κ2) is 13.4. The molecule has 1 aliphatic heterocycles. The van der Waals surface area contributed by atoms with Crippen LogP contribution in [-0.4, -0.2) is 16.3 Å². The van der Waals surface area contributed by atoms with Crippen molar-refractivity contribution in [2.24, 2.45) is 0 Å². The number of rotatable bonds is 7. The predicted octanol–water partition coefficient (Wildman–Crippen LogP) is 10.2. The summed E-state index contributed by atoms with van der Waals surface area (Å²) in [6.07, 6.45) is 2.48. The van der Waals surface area contributed by atoms with Crippen LogP contribution in [-0.2, 0) is 18.9 Å². The summed E-state index contributed by atoms with van der Waals surface area (Å²) in [6.45, 7) is 20.5. The summed E-state index contributed by atoms with van der Waals surface area (Å²) in [5.41, 5.74) is 5.53. The molecule has 0 bridgehead atoms. The van der Waals surface area contributed by atoms with E-state index in [1.54, 1.807) is 0 Å². The molecule has 0 N–H and O–H groups in total. The van der Waals surface area contributed by atoms with Gasteiger partial charge >= 0.3 is 97.8 Å². The van der Waals surface area contributed by atoms with E-state index in [1.165, 1.54) is 28.1 Å². The molecule has 1 aromatic heterocycles. The van der Waals surface area contributed by atoms with Crippen molar-refractivity contribution in [1.29, 1.82) is 0 Å². The molecule has 1 aliphatic rings. The number of benzene rings is 2. The van der Waals surface area contributed by atoms with Crippen LogP contribution in [0.2, 0.25) is 0 Å². The fourth-order valence-corrected chi connectivity index (χ4v) is 8.05. The van der Waals surface area contributed by atoms with Crippen LogP contribution in [0, 0.1) is 13.5 Å². The predicted molar refractivity (Wildman–Crippen MR) is 166 cm³/mol. The minimum atomic E-state index is -1.77. The molecule has 6 heteroatoms. The second-order valence-corrected chi connectivity index (χ2v) is 17.8. The van der Waals surface area contributed by atoms with Crippen LogP contribution in [0.15, 0.2) is 60.0 Å². The van der Waals surface area contributed by atoms with Crippen molar-refractivity contribution < 1.29 is 18.3 Å². The van der Waals surface area contributed by atoms with Crippen molar-refractivity contribution in [2.75, 3.05) is 4.90 Å². The Morgan fingerprint density at radius 1 is 1.05 bits per heavy atom. The molecule has 0 saturated carbocycles. The van der Waals surface area contributed by atoms with Gasteiger partial charge in [-0.1, -0.05) is 57.5 Å². The van der Waals surface area contributed by atoms with E-state index in [4.69, 9.17) is 24.1 Å². The van der Waals surface area contributed by atoms with Crippen molar-refractivity contribution in [2.45, 2.75) is 91.2 Å². The zero-order valence-electron chi connectivity index (χ0n) is 23.9. The summed E-state index contributed by atoms with van der Waals surface area (Å²) >= 11 is 0.128. The third kappa shape index (κ3) is 7.51. The Labute approximate surface area is 247 Å². The van der Waals surface area contributed by atoms with Crippen molar-refractivity contribution >= 4 is 41.0 Å². The number of para-hydroxylation sites is 2. The van der Waals surface area contributed by atoms with E-state index in [0.29, 0.717) is 5.92 Å². The maximum absolute atomic E-state index is 5.82. The maximum atomic E-state index is 5.82. The molecular formula is C32H42Cl2NORuS-. The van der Waals surface area contributed by atoms with Gasteiger partial charge in [-0.2, -0.15) is 11.3 Å². The zero-order chi connectivity index (χ0) is 28.1. The van der Waals surface area contributed by atoms with Gasteiger partial charge in [0, 0.05) is 11.2 Å². The first-order valence-electron chi connectivity index (χ1n) is 13.3. The second-order valence-electron chi connectivity index (χ2n) is 11.2. The molecule has 0 aliphatic carbocycles. The minimum Gasteiger partial charge on any atom is -0.517 e. The molecule has 3 aromatic rings. The third-order valence-corrected chi connectivity index (χ3v) is 9.94. The van der Waals surface area contributed by atoms with Gasteiger partial charge in [0.15, 0.2) is 0 Å². The monoisotopic (exact) mass is 660 g/mol. The van der Waals surface area contributed by atoms with Crippen LogP contribution >= 0.6 is 30.7 Å². The molecular weight excluding hydrogens is 618 g/mol. The van der Waals surface area contributed by atoms with E-state index in [9.17, 15) is 0 Å². The number of anilines is 1. The quantitative estimate of drug-likeness (QED) is 0.185. The number of hydrogen-bond acceptors (Lipinski definition) is 3. The molecule has 2 nitrogen and oxygen atoms in total. The topological polar surface area (TPSA) is 12.5 Å². The van der Waals surface area contributed by atoms with Crippen LogP contribution < -0.4 is 9.64 Å². The fraction of sp³-hybridized carbons (Fsp3) is 0.438. The number of aryl methyl sites for hydroxylation is 1. The standard InChI is InChI=1S/C22H30NS.C10H12O.2ClH.Ru/c1-7-22(19-12-9-13-24-19)14-21(5,6)23(15-22)20-17(4)10-8-11-18(20)16(2)3;1-8(2)11-10-7-5-4-6-9(10)3;;;/h8-13,15-16H,7,14H2,1-6H3;3-8H,1-2H3;2*1H;/q-1;;;;+2/p-2. The number of nitrogens with zero attached hydrogens (tertiary/aromatic N) is 1. The Bertz CT molecular complexity index is 1220. The Balaban J connectivity index is 0.000000244. The molecule has 1 saturated heterocycles. The van der Waals surface area contributed by atoms with E-state index in [2.05, 4.69) is 88.7 Å². The van der Waals surface area contributed by atoms with E-state index in [1.807, 2.05) is 54.1 Å². The van der Waals surface area contributed by atoms with Crippen LogP contribution in [0.4, 0.5) is 5.69 Å². The van der Waals surface area contributed by atoms with E-state index in [0.717, 1.165) is 17.7 Å². The summed E-state index contributed by atoms with van der Waals surface area (Å²) in [5.74, 6) is 1.38. The third-order valence-electron chi connectivity index (χ3n) is 7.02. The minimum absolute atomic E-state index is 0.121. The summed E-state index contributed by atoms with van der Waals surface area (Å²) in [7, 11) is 11.6. The smallest absolute Gasteiger partial charge is 0.0140 e. The van der Waals surface area contributed by atoms with Gasteiger partial charge in [0.05, 0.1) is 0 Å². The van der Waals surface area contributed by atoms with Gasteiger partial charge in [-0.15, -0.1) is 5.41 Å². The van der Waals surface area contributed by atoms with Gasteiger partial charge in [-0.3, -0.25) is 0 Å². The largest absolute Gasteiger partial charge is 0.517 e. The number of ether oxygens (including phenoxy) is 1. The van der Waals surface area contributed by atoms with Crippen molar-refractivity contribution in [3.8, 4) is 5.75 Å². The molecule has 210 valence electrons. The molecule has 2 heterocycles. The Hall–Kier alpha value is -1.19. The maximum Gasteiger partial charge on any atom is 0.0140 e. The Morgan fingerprint density at radius 2 is 1.76 bits per heavy atom.